The van der Waals surface area contributed by atoms with Gasteiger partial charge in [-0.2, -0.15) is 13.2 Å². The van der Waals surface area contributed by atoms with Gasteiger partial charge in [0.15, 0.2) is 0 Å². The van der Waals surface area contributed by atoms with E-state index in [1.165, 1.54) is 12.1 Å². The summed E-state index contributed by atoms with van der Waals surface area (Å²) in [6.45, 7) is 3.21. The SMILES string of the molecule is CCCC(=O)N1CCc2cc(NC(=O)c3ccccc3-c3ccc(C(F)(F)F)cc3)ccc2C1. The molecule has 176 valence electrons. The lowest BCUT2D eigenvalue weighted by molar-refractivity contribution is -0.137. The first-order chi connectivity index (χ1) is 16.3. The number of hydrogen-bond acceptors (Lipinski definition) is 2. The minimum absolute atomic E-state index is 0.158. The first-order valence-corrected chi connectivity index (χ1v) is 11.2. The minimum Gasteiger partial charge on any atom is -0.338 e. The molecule has 0 atom stereocenters. The Labute approximate surface area is 196 Å². The highest BCUT2D eigenvalue weighted by Gasteiger charge is 2.30. The van der Waals surface area contributed by atoms with Crippen LogP contribution in [0.3, 0.4) is 0 Å². The summed E-state index contributed by atoms with van der Waals surface area (Å²) in [4.78, 5) is 27.1. The van der Waals surface area contributed by atoms with Crippen molar-refractivity contribution in [3.05, 3.63) is 89.0 Å². The molecule has 0 fully saturated rings. The van der Waals surface area contributed by atoms with Crippen LogP contribution in [0.5, 0.6) is 0 Å². The average molecular weight is 467 g/mol. The number of anilines is 1. The second kappa shape index (κ2) is 9.71. The van der Waals surface area contributed by atoms with Crippen LogP contribution >= 0.6 is 0 Å². The molecule has 1 aliphatic heterocycles. The number of fused-ring (bicyclic) bond motifs is 1. The van der Waals surface area contributed by atoms with E-state index >= 15 is 0 Å². The summed E-state index contributed by atoms with van der Waals surface area (Å²) in [6, 6.07) is 17.3. The Morgan fingerprint density at radius 1 is 0.971 bits per heavy atom. The van der Waals surface area contributed by atoms with E-state index in [4.69, 9.17) is 0 Å². The second-order valence-corrected chi connectivity index (χ2v) is 8.37. The Morgan fingerprint density at radius 2 is 1.71 bits per heavy atom. The quantitative estimate of drug-likeness (QED) is 0.479. The van der Waals surface area contributed by atoms with Crippen LogP contribution < -0.4 is 5.32 Å². The van der Waals surface area contributed by atoms with Gasteiger partial charge in [0, 0.05) is 30.8 Å². The molecule has 0 saturated heterocycles. The van der Waals surface area contributed by atoms with Gasteiger partial charge in [-0.05, 0) is 65.4 Å². The fourth-order valence-electron chi connectivity index (χ4n) is 4.19. The third-order valence-electron chi connectivity index (χ3n) is 5.99. The van der Waals surface area contributed by atoms with Crippen molar-refractivity contribution < 1.29 is 22.8 Å². The van der Waals surface area contributed by atoms with E-state index in [9.17, 15) is 22.8 Å². The highest BCUT2D eigenvalue weighted by Crippen LogP contribution is 2.32. The van der Waals surface area contributed by atoms with Gasteiger partial charge in [0.05, 0.1) is 5.56 Å². The molecule has 0 saturated carbocycles. The van der Waals surface area contributed by atoms with Gasteiger partial charge < -0.3 is 10.2 Å². The number of alkyl halides is 3. The highest BCUT2D eigenvalue weighted by atomic mass is 19.4. The van der Waals surface area contributed by atoms with Crippen LogP contribution in [-0.4, -0.2) is 23.3 Å². The largest absolute Gasteiger partial charge is 0.416 e. The molecule has 0 unspecified atom stereocenters. The molecule has 0 aromatic heterocycles. The first kappa shape index (κ1) is 23.5. The number of rotatable bonds is 5. The molecule has 4 nitrogen and oxygen atoms in total. The molecule has 3 aromatic rings. The van der Waals surface area contributed by atoms with Gasteiger partial charge >= 0.3 is 6.18 Å². The summed E-state index contributed by atoms with van der Waals surface area (Å²) in [5.74, 6) is -0.184. The molecule has 34 heavy (non-hydrogen) atoms. The summed E-state index contributed by atoms with van der Waals surface area (Å²) in [6.07, 6.45) is -2.33. The normalized spacial score (nSPS) is 13.4. The number of carbonyl (C=O) groups is 2. The minimum atomic E-state index is -4.41. The lowest BCUT2D eigenvalue weighted by atomic mass is 9.97. The predicted molar refractivity (Wildman–Crippen MR) is 125 cm³/mol. The van der Waals surface area contributed by atoms with Crippen LogP contribution in [0.1, 0.15) is 46.8 Å². The van der Waals surface area contributed by atoms with Crippen molar-refractivity contribution in [1.29, 1.82) is 0 Å². The van der Waals surface area contributed by atoms with Crippen molar-refractivity contribution >= 4 is 17.5 Å². The Kier molecular flexibility index (Phi) is 6.72. The summed E-state index contributed by atoms with van der Waals surface area (Å²) in [5, 5.41) is 2.91. The number of benzene rings is 3. The van der Waals surface area contributed by atoms with Gasteiger partial charge in [-0.1, -0.05) is 43.3 Å². The molecule has 0 radical (unpaired) electrons. The van der Waals surface area contributed by atoms with Gasteiger partial charge in [-0.25, -0.2) is 0 Å². The molecule has 1 N–H and O–H groups in total. The maximum atomic E-state index is 13.1. The van der Waals surface area contributed by atoms with Crippen molar-refractivity contribution in [3.63, 3.8) is 0 Å². The molecule has 1 aliphatic rings. The van der Waals surface area contributed by atoms with Crippen molar-refractivity contribution in [2.75, 3.05) is 11.9 Å². The van der Waals surface area contributed by atoms with E-state index in [1.807, 2.05) is 30.0 Å². The van der Waals surface area contributed by atoms with E-state index in [1.54, 1.807) is 24.3 Å². The van der Waals surface area contributed by atoms with Crippen molar-refractivity contribution in [2.45, 2.75) is 38.9 Å². The molecular weight excluding hydrogens is 441 g/mol. The molecular formula is C27H25F3N2O2. The van der Waals surface area contributed by atoms with Gasteiger partial charge in [-0.15, -0.1) is 0 Å². The first-order valence-electron chi connectivity index (χ1n) is 11.2. The van der Waals surface area contributed by atoms with Gasteiger partial charge in [0.1, 0.15) is 0 Å². The number of hydrogen-bond donors (Lipinski definition) is 1. The highest BCUT2D eigenvalue weighted by molar-refractivity contribution is 6.08. The van der Waals surface area contributed by atoms with Gasteiger partial charge in [0.25, 0.3) is 5.91 Å². The molecule has 7 heteroatoms. The number of nitrogens with one attached hydrogen (secondary N) is 1. The standard InChI is InChI=1S/C27H25F3N2O2/c1-2-5-25(33)32-15-14-19-16-22(13-10-20(19)17-32)31-26(34)24-7-4-3-6-23(24)18-8-11-21(12-9-18)27(28,29)30/h3-4,6-13,16H,2,5,14-15,17H2,1H3,(H,31,34). The Bertz CT molecular complexity index is 1200. The second-order valence-electron chi connectivity index (χ2n) is 8.37. The fourth-order valence-corrected chi connectivity index (χ4v) is 4.19. The van der Waals surface area contributed by atoms with E-state index in [0.29, 0.717) is 41.9 Å². The third kappa shape index (κ3) is 5.14. The molecule has 1 heterocycles. The maximum absolute atomic E-state index is 13.1. The van der Waals surface area contributed by atoms with Crippen LogP contribution in [0.2, 0.25) is 0 Å². The summed E-state index contributed by atoms with van der Waals surface area (Å²) in [5.41, 5.74) is 3.52. The molecule has 4 rings (SSSR count). The molecule has 2 amide bonds. The summed E-state index contributed by atoms with van der Waals surface area (Å²) >= 11 is 0. The van der Waals surface area contributed by atoms with Crippen LogP contribution in [0, 0.1) is 0 Å². The fraction of sp³-hybridized carbons (Fsp3) is 0.259. The summed E-state index contributed by atoms with van der Waals surface area (Å²) in [7, 11) is 0. The average Bonchev–Trinajstić information content (AvgIpc) is 2.83. The van der Waals surface area contributed by atoms with E-state index in [2.05, 4.69) is 5.32 Å². The zero-order valence-corrected chi connectivity index (χ0v) is 18.8. The van der Waals surface area contributed by atoms with Crippen LogP contribution in [0.15, 0.2) is 66.7 Å². The smallest absolute Gasteiger partial charge is 0.338 e. The van der Waals surface area contributed by atoms with Crippen LogP contribution in [0.25, 0.3) is 11.1 Å². The number of amides is 2. The topological polar surface area (TPSA) is 49.4 Å². The van der Waals surface area contributed by atoms with Gasteiger partial charge in [0.2, 0.25) is 5.91 Å². The van der Waals surface area contributed by atoms with Crippen molar-refractivity contribution in [1.82, 2.24) is 4.90 Å². The lowest BCUT2D eigenvalue weighted by Gasteiger charge is -2.29. The van der Waals surface area contributed by atoms with Crippen molar-refractivity contribution in [2.24, 2.45) is 0 Å². The molecule has 0 bridgehead atoms. The van der Waals surface area contributed by atoms with E-state index < -0.39 is 11.7 Å². The third-order valence-corrected chi connectivity index (χ3v) is 5.99. The van der Waals surface area contributed by atoms with E-state index in [0.717, 1.165) is 36.1 Å². The Morgan fingerprint density at radius 3 is 2.41 bits per heavy atom. The van der Waals surface area contributed by atoms with Crippen molar-refractivity contribution in [3.8, 4) is 11.1 Å². The molecule has 0 spiro atoms. The van der Waals surface area contributed by atoms with E-state index in [-0.39, 0.29) is 11.8 Å². The maximum Gasteiger partial charge on any atom is 0.416 e. The molecule has 3 aromatic carbocycles. The monoisotopic (exact) mass is 466 g/mol. The zero-order valence-electron chi connectivity index (χ0n) is 18.8. The zero-order chi connectivity index (χ0) is 24.3. The van der Waals surface area contributed by atoms with Gasteiger partial charge in [-0.3, -0.25) is 9.59 Å². The Hall–Kier alpha value is -3.61. The van der Waals surface area contributed by atoms with Crippen LogP contribution in [-0.2, 0) is 23.9 Å². The number of carbonyl (C=O) groups excluding carboxylic acids is 2. The lowest BCUT2D eigenvalue weighted by Crippen LogP contribution is -2.35. The Balaban J connectivity index is 1.52. The number of halogens is 3. The molecule has 0 aliphatic carbocycles. The van der Waals surface area contributed by atoms with Crippen LogP contribution in [0.4, 0.5) is 18.9 Å². The summed E-state index contributed by atoms with van der Waals surface area (Å²) < 4.78 is 38.7. The predicted octanol–water partition coefficient (Wildman–Crippen LogP) is 6.31. The number of nitrogens with zero attached hydrogens (tertiary/aromatic N) is 1.